The average molecular weight is 875 g/mol. The number of carbonyl (C=O) groups excluding carboxylic acids is 2. The zero-order valence-electron chi connectivity index (χ0n) is 35.1. The lowest BCUT2D eigenvalue weighted by Gasteiger charge is -2.30. The van der Waals surface area contributed by atoms with Crippen LogP contribution in [0, 0.1) is 23.0 Å². The lowest BCUT2D eigenvalue weighted by molar-refractivity contribution is 0.0507. The Morgan fingerprint density at radius 2 is 1.82 bits per heavy atom. The fourth-order valence-electron chi connectivity index (χ4n) is 8.55. The normalized spacial score (nSPS) is 20.0. The minimum atomic E-state index is -1.02. The number of pyridine rings is 1. The zero-order chi connectivity index (χ0) is 43.9. The molecule has 2 atom stereocenters. The van der Waals surface area contributed by atoms with Crippen LogP contribution >= 0.6 is 11.3 Å². The van der Waals surface area contributed by atoms with Gasteiger partial charge in [-0.05, 0) is 84.9 Å². The van der Waals surface area contributed by atoms with Crippen molar-refractivity contribution in [1.82, 2.24) is 34.6 Å². The molecule has 0 bridgehead atoms. The van der Waals surface area contributed by atoms with E-state index in [1.54, 1.807) is 41.5 Å². The van der Waals surface area contributed by atoms with E-state index >= 15 is 8.78 Å². The Balaban J connectivity index is 1.18. The number of ether oxygens (including phenoxy) is 4. The van der Waals surface area contributed by atoms with Gasteiger partial charge in [0, 0.05) is 29.8 Å². The lowest BCUT2D eigenvalue weighted by Crippen LogP contribution is -2.43. The molecule has 2 saturated heterocycles. The number of alkyl halides is 1. The van der Waals surface area contributed by atoms with Crippen LogP contribution in [0.2, 0.25) is 0 Å². The fraction of sp³-hybridized carbons (Fsp3) is 0.524. The summed E-state index contributed by atoms with van der Waals surface area (Å²) in [6, 6.07) is 1.85. The maximum Gasteiger partial charge on any atom is 0.437 e. The van der Waals surface area contributed by atoms with E-state index in [1.807, 2.05) is 6.07 Å². The Morgan fingerprint density at radius 3 is 2.55 bits per heavy atom. The number of thiophene rings is 1. The van der Waals surface area contributed by atoms with Crippen LogP contribution in [0.3, 0.4) is 0 Å². The van der Waals surface area contributed by atoms with Crippen molar-refractivity contribution in [3.8, 4) is 23.3 Å². The molecular weight excluding hydrogens is 830 g/mol. The van der Waals surface area contributed by atoms with Gasteiger partial charge in [0.15, 0.2) is 23.3 Å². The van der Waals surface area contributed by atoms with Crippen molar-refractivity contribution in [1.29, 1.82) is 5.26 Å². The molecule has 3 fully saturated rings. The van der Waals surface area contributed by atoms with Crippen LogP contribution in [-0.2, 0) is 34.0 Å². The molecule has 326 valence electrons. The van der Waals surface area contributed by atoms with Crippen molar-refractivity contribution < 1.29 is 41.7 Å². The van der Waals surface area contributed by atoms with E-state index in [4.69, 9.17) is 23.9 Å². The molecule has 0 spiro atoms. The van der Waals surface area contributed by atoms with Gasteiger partial charge in [-0.15, -0.1) is 21.1 Å². The number of nitrogens with zero attached hydrogens (tertiary/aromatic N) is 8. The summed E-state index contributed by atoms with van der Waals surface area (Å²) in [5, 5.41) is 20.9. The molecule has 20 heteroatoms. The van der Waals surface area contributed by atoms with E-state index in [0.29, 0.717) is 29.9 Å². The van der Waals surface area contributed by atoms with Crippen molar-refractivity contribution in [2.75, 3.05) is 30.3 Å². The van der Waals surface area contributed by atoms with Crippen molar-refractivity contribution in [2.45, 2.75) is 122 Å². The summed E-state index contributed by atoms with van der Waals surface area (Å²) >= 11 is 0.794. The van der Waals surface area contributed by atoms with Gasteiger partial charge in [0.1, 0.15) is 46.4 Å². The van der Waals surface area contributed by atoms with Crippen molar-refractivity contribution in [3.63, 3.8) is 0 Å². The van der Waals surface area contributed by atoms with E-state index in [1.165, 1.54) is 0 Å². The van der Waals surface area contributed by atoms with Crippen LogP contribution in [0.1, 0.15) is 108 Å². The molecule has 9 rings (SSSR count). The third kappa shape index (κ3) is 7.74. The second-order valence-electron chi connectivity index (χ2n) is 18.2. The summed E-state index contributed by atoms with van der Waals surface area (Å²) in [5.74, 6) is -0.683. The zero-order valence-corrected chi connectivity index (χ0v) is 35.9. The monoisotopic (exact) mass is 874 g/mol. The summed E-state index contributed by atoms with van der Waals surface area (Å²) in [4.78, 5) is 46.7. The average Bonchev–Trinajstić information content (AvgIpc) is 3.53. The fourth-order valence-corrected chi connectivity index (χ4v) is 9.59. The summed E-state index contributed by atoms with van der Waals surface area (Å²) in [6.07, 6.45) is 1.96. The number of nitriles is 1. The SMILES string of the molecule is CC(C)(C)OC(=O)Nc1sc2c(F)cnc(-c3c4c(c5c(NCc6nc(C7CC7)nn6C(=O)OC(C)(C)C)nc(OC[C@@]67CCCN6C[C@H](F)C7)nc5c3F)COC4)c2c1C#N. The molecule has 1 aromatic carbocycles. The molecule has 0 unspecified atom stereocenters. The molecule has 16 nitrogen and oxygen atoms in total. The van der Waals surface area contributed by atoms with Gasteiger partial charge in [0.25, 0.3) is 0 Å². The van der Waals surface area contributed by atoms with E-state index in [-0.39, 0.29) is 99.2 Å². The van der Waals surface area contributed by atoms with Crippen LogP contribution in [0.15, 0.2) is 6.20 Å². The smallest absolute Gasteiger partial charge is 0.437 e. The minimum Gasteiger partial charge on any atom is -0.461 e. The number of amides is 1. The van der Waals surface area contributed by atoms with E-state index < -0.39 is 46.7 Å². The number of carbonyl (C=O) groups is 2. The first-order valence-corrected chi connectivity index (χ1v) is 21.3. The Bertz CT molecular complexity index is 2700. The molecule has 1 amide bonds. The molecule has 0 radical (unpaired) electrons. The molecule has 4 aliphatic rings. The van der Waals surface area contributed by atoms with E-state index in [9.17, 15) is 19.2 Å². The number of rotatable bonds is 9. The van der Waals surface area contributed by atoms with Crippen LogP contribution in [0.5, 0.6) is 6.01 Å². The first-order chi connectivity index (χ1) is 29.4. The molecule has 2 N–H and O–H groups in total. The van der Waals surface area contributed by atoms with Crippen molar-refractivity contribution >= 4 is 55.3 Å². The van der Waals surface area contributed by atoms with Gasteiger partial charge in [0.2, 0.25) is 0 Å². The summed E-state index contributed by atoms with van der Waals surface area (Å²) in [7, 11) is 0. The molecular formula is C42H45F3N10O6S. The van der Waals surface area contributed by atoms with Crippen LogP contribution < -0.4 is 15.4 Å². The third-order valence-electron chi connectivity index (χ3n) is 11.3. The number of anilines is 2. The second-order valence-corrected chi connectivity index (χ2v) is 19.2. The highest BCUT2D eigenvalue weighted by Crippen LogP contribution is 2.47. The Kier molecular flexibility index (Phi) is 10.3. The molecule has 62 heavy (non-hydrogen) atoms. The van der Waals surface area contributed by atoms with Gasteiger partial charge in [-0.25, -0.2) is 27.7 Å². The Morgan fingerprint density at radius 1 is 1.06 bits per heavy atom. The predicted molar refractivity (Wildman–Crippen MR) is 221 cm³/mol. The molecule has 4 aromatic heterocycles. The number of hydrogen-bond acceptors (Lipinski definition) is 15. The van der Waals surface area contributed by atoms with Gasteiger partial charge in [-0.2, -0.15) is 15.2 Å². The topological polar surface area (TPSA) is 192 Å². The summed E-state index contributed by atoms with van der Waals surface area (Å²) in [5.41, 5.74) is -1.88. The molecule has 7 heterocycles. The van der Waals surface area contributed by atoms with Crippen LogP contribution in [0.4, 0.5) is 33.6 Å². The van der Waals surface area contributed by atoms with Gasteiger partial charge < -0.3 is 24.3 Å². The number of halogens is 3. The Hall–Kier alpha value is -5.65. The lowest BCUT2D eigenvalue weighted by atomic mass is 9.93. The van der Waals surface area contributed by atoms with E-state index in [2.05, 4.69) is 35.6 Å². The predicted octanol–water partition coefficient (Wildman–Crippen LogP) is 8.25. The van der Waals surface area contributed by atoms with Gasteiger partial charge in [0.05, 0.1) is 52.8 Å². The van der Waals surface area contributed by atoms with Crippen molar-refractivity contribution in [3.05, 3.63) is 46.2 Å². The second kappa shape index (κ2) is 15.3. The highest BCUT2D eigenvalue weighted by Gasteiger charge is 2.49. The van der Waals surface area contributed by atoms with Gasteiger partial charge in [-0.3, -0.25) is 15.2 Å². The highest BCUT2D eigenvalue weighted by atomic mass is 32.1. The first kappa shape index (κ1) is 41.7. The summed E-state index contributed by atoms with van der Waals surface area (Å²) < 4.78 is 72.4. The third-order valence-corrected chi connectivity index (χ3v) is 12.4. The largest absolute Gasteiger partial charge is 0.461 e. The van der Waals surface area contributed by atoms with Crippen molar-refractivity contribution in [2.24, 2.45) is 0 Å². The number of benzene rings is 1. The molecule has 1 saturated carbocycles. The quantitative estimate of drug-likeness (QED) is 0.144. The summed E-state index contributed by atoms with van der Waals surface area (Å²) in [6.45, 7) is 11.2. The minimum absolute atomic E-state index is 0.00222. The maximum atomic E-state index is 17.8. The number of nitrogens with one attached hydrogen (secondary N) is 2. The van der Waals surface area contributed by atoms with Crippen LogP contribution in [-0.4, -0.2) is 89.4 Å². The maximum absolute atomic E-state index is 17.8. The van der Waals surface area contributed by atoms with Gasteiger partial charge >= 0.3 is 18.2 Å². The first-order valence-electron chi connectivity index (χ1n) is 20.5. The number of aromatic nitrogens is 6. The number of hydrogen-bond donors (Lipinski definition) is 2. The standard InChI is InChI=1S/C42H45F3N10O6S/c1-40(2,3)60-38(56)52-36-22(13-46)28-31(47-14-25(44)33(28)62-36)27-23-17-58-18-24(23)29-32(30(27)45)50-37(59-19-42-10-7-11-54(42)16-21(43)12-42)51-35(29)48-15-26-49-34(20-8-9-20)53-55(26)39(57)61-41(4,5)6/h14,20-21H,7-12,15-19H2,1-6H3,(H,52,56)(H,48,50,51)/t21-,42+/m1/s1. The van der Waals surface area contributed by atoms with E-state index in [0.717, 1.165) is 48.0 Å². The highest BCUT2D eigenvalue weighted by molar-refractivity contribution is 7.23. The molecule has 5 aromatic rings. The Labute approximate surface area is 358 Å². The molecule has 3 aliphatic heterocycles. The van der Waals surface area contributed by atoms with Gasteiger partial charge in [-0.1, -0.05) is 0 Å². The molecule has 1 aliphatic carbocycles. The van der Waals surface area contributed by atoms with Crippen LogP contribution in [0.25, 0.3) is 32.2 Å². The number of fused-ring (bicyclic) bond motifs is 5.